The molecular weight excluding hydrogens is 408 g/mol. The average molecular weight is 424 g/mol. The van der Waals surface area contributed by atoms with Crippen molar-refractivity contribution >= 4 is 27.5 Å². The van der Waals surface area contributed by atoms with Crippen LogP contribution in [0.25, 0.3) is 0 Å². The fourth-order valence-electron chi connectivity index (χ4n) is 2.37. The summed E-state index contributed by atoms with van der Waals surface area (Å²) in [5.74, 6) is -0.257. The van der Waals surface area contributed by atoms with Gasteiger partial charge in [-0.25, -0.2) is 0 Å². The number of halogens is 3. The first-order chi connectivity index (χ1) is 12.4. The van der Waals surface area contributed by atoms with Gasteiger partial charge in [0.2, 0.25) is 0 Å². The van der Waals surface area contributed by atoms with Crippen molar-refractivity contribution in [2.24, 2.45) is 0 Å². The molecule has 5 nitrogen and oxygen atoms in total. The molecule has 0 saturated carbocycles. The van der Waals surface area contributed by atoms with Crippen LogP contribution in [0.3, 0.4) is 0 Å². The molecule has 0 unspecified atom stereocenters. The number of nitriles is 1. The van der Waals surface area contributed by atoms with Gasteiger partial charge in [0.15, 0.2) is 0 Å². The molecule has 0 aliphatic rings. The standard InChI is InChI=1S/C18H16BrF2N3O2/c1-23-17(25)14-4-3-13(19)9-15(14)24-10-12-8-11(6-7-22)2-5-16(12)26-18(20)21/h2-5,8-9,18,24H,6,10H2,1H3,(H,23,25). The second-order valence-electron chi connectivity index (χ2n) is 5.28. The molecule has 2 aromatic rings. The number of alkyl halides is 2. The van der Waals surface area contributed by atoms with Gasteiger partial charge in [-0.1, -0.05) is 22.0 Å². The van der Waals surface area contributed by atoms with Crippen molar-refractivity contribution < 1.29 is 18.3 Å². The molecule has 0 fully saturated rings. The van der Waals surface area contributed by atoms with E-state index in [-0.39, 0.29) is 24.6 Å². The first kappa shape index (κ1) is 19.7. The summed E-state index contributed by atoms with van der Waals surface area (Å²) in [6.07, 6.45) is 0.155. The van der Waals surface area contributed by atoms with Crippen molar-refractivity contribution in [2.45, 2.75) is 19.6 Å². The Labute approximate surface area is 158 Å². The molecule has 0 saturated heterocycles. The van der Waals surface area contributed by atoms with E-state index in [9.17, 15) is 13.6 Å². The fraction of sp³-hybridized carbons (Fsp3) is 0.222. The Bertz CT molecular complexity index is 838. The van der Waals surface area contributed by atoms with Crippen molar-refractivity contribution in [3.63, 3.8) is 0 Å². The minimum atomic E-state index is -2.96. The molecule has 0 aliphatic carbocycles. The van der Waals surface area contributed by atoms with Crippen LogP contribution >= 0.6 is 15.9 Å². The van der Waals surface area contributed by atoms with E-state index >= 15 is 0 Å². The van der Waals surface area contributed by atoms with E-state index in [1.165, 1.54) is 13.1 Å². The number of amides is 1. The SMILES string of the molecule is CNC(=O)c1ccc(Br)cc1NCc1cc(CC#N)ccc1OC(F)F. The van der Waals surface area contributed by atoms with Crippen LogP contribution < -0.4 is 15.4 Å². The van der Waals surface area contributed by atoms with Gasteiger partial charge >= 0.3 is 6.61 Å². The number of benzene rings is 2. The number of carbonyl (C=O) groups excluding carboxylic acids is 1. The van der Waals surface area contributed by atoms with Crippen molar-refractivity contribution in [1.82, 2.24) is 5.32 Å². The van der Waals surface area contributed by atoms with E-state index in [4.69, 9.17) is 5.26 Å². The molecule has 0 aromatic heterocycles. The van der Waals surface area contributed by atoms with Crippen molar-refractivity contribution in [3.05, 3.63) is 57.6 Å². The maximum absolute atomic E-state index is 12.6. The molecule has 2 N–H and O–H groups in total. The van der Waals surface area contributed by atoms with E-state index in [1.807, 2.05) is 6.07 Å². The Morgan fingerprint density at radius 3 is 2.73 bits per heavy atom. The number of nitrogens with zero attached hydrogens (tertiary/aromatic N) is 1. The lowest BCUT2D eigenvalue weighted by Crippen LogP contribution is -2.19. The molecule has 0 aliphatic heterocycles. The zero-order chi connectivity index (χ0) is 19.1. The zero-order valence-electron chi connectivity index (χ0n) is 13.9. The summed E-state index contributed by atoms with van der Waals surface area (Å²) >= 11 is 3.34. The number of rotatable bonds is 7. The van der Waals surface area contributed by atoms with Crippen LogP contribution in [0.15, 0.2) is 40.9 Å². The summed E-state index contributed by atoms with van der Waals surface area (Å²) < 4.78 is 30.6. The van der Waals surface area contributed by atoms with Gasteiger partial charge in [0.05, 0.1) is 18.1 Å². The highest BCUT2D eigenvalue weighted by molar-refractivity contribution is 9.10. The molecule has 0 spiro atoms. The Morgan fingerprint density at radius 1 is 1.31 bits per heavy atom. The van der Waals surface area contributed by atoms with E-state index in [0.29, 0.717) is 22.4 Å². The van der Waals surface area contributed by atoms with Gasteiger partial charge in [-0.05, 0) is 35.9 Å². The van der Waals surface area contributed by atoms with E-state index in [1.54, 1.807) is 30.3 Å². The van der Waals surface area contributed by atoms with Crippen LogP contribution in [-0.4, -0.2) is 19.6 Å². The molecular formula is C18H16BrF2N3O2. The minimum Gasteiger partial charge on any atom is -0.434 e. The Balaban J connectivity index is 2.30. The number of anilines is 1. The third kappa shape index (κ3) is 5.17. The monoisotopic (exact) mass is 423 g/mol. The summed E-state index contributed by atoms with van der Waals surface area (Å²) in [5, 5.41) is 14.4. The highest BCUT2D eigenvalue weighted by Crippen LogP contribution is 2.26. The number of hydrogen-bond donors (Lipinski definition) is 2. The lowest BCUT2D eigenvalue weighted by molar-refractivity contribution is -0.0504. The summed E-state index contributed by atoms with van der Waals surface area (Å²) in [4.78, 5) is 12.0. The highest BCUT2D eigenvalue weighted by Gasteiger charge is 2.14. The van der Waals surface area contributed by atoms with Gasteiger partial charge in [-0.3, -0.25) is 4.79 Å². The van der Waals surface area contributed by atoms with Gasteiger partial charge in [0, 0.05) is 29.3 Å². The van der Waals surface area contributed by atoms with Gasteiger partial charge in [-0.15, -0.1) is 0 Å². The normalized spacial score (nSPS) is 10.3. The first-order valence-electron chi connectivity index (χ1n) is 7.63. The lowest BCUT2D eigenvalue weighted by atomic mass is 10.1. The van der Waals surface area contributed by atoms with Gasteiger partial charge in [0.25, 0.3) is 5.91 Å². The van der Waals surface area contributed by atoms with Gasteiger partial charge in [-0.2, -0.15) is 14.0 Å². The molecule has 2 aromatic carbocycles. The smallest absolute Gasteiger partial charge is 0.387 e. The van der Waals surface area contributed by atoms with Crippen LogP contribution in [-0.2, 0) is 13.0 Å². The molecule has 1 amide bonds. The van der Waals surface area contributed by atoms with E-state index < -0.39 is 6.61 Å². The second-order valence-corrected chi connectivity index (χ2v) is 6.19. The van der Waals surface area contributed by atoms with Crippen LogP contribution in [0.1, 0.15) is 21.5 Å². The van der Waals surface area contributed by atoms with Crippen LogP contribution in [0.2, 0.25) is 0 Å². The summed E-state index contributed by atoms with van der Waals surface area (Å²) in [7, 11) is 1.52. The number of hydrogen-bond acceptors (Lipinski definition) is 4. The molecule has 0 atom stereocenters. The maximum atomic E-state index is 12.6. The fourth-order valence-corrected chi connectivity index (χ4v) is 2.73. The zero-order valence-corrected chi connectivity index (χ0v) is 15.4. The first-order valence-corrected chi connectivity index (χ1v) is 8.43. The molecule has 0 radical (unpaired) electrons. The third-order valence-corrected chi connectivity index (χ3v) is 4.04. The molecule has 0 bridgehead atoms. The number of carbonyl (C=O) groups is 1. The summed E-state index contributed by atoms with van der Waals surface area (Å²) in [6, 6.07) is 11.7. The topological polar surface area (TPSA) is 74.2 Å². The second kappa shape index (κ2) is 9.15. The van der Waals surface area contributed by atoms with Crippen LogP contribution in [0.4, 0.5) is 14.5 Å². The predicted molar refractivity (Wildman–Crippen MR) is 97.2 cm³/mol. The van der Waals surface area contributed by atoms with Gasteiger partial charge < -0.3 is 15.4 Å². The largest absolute Gasteiger partial charge is 0.434 e. The van der Waals surface area contributed by atoms with E-state index in [2.05, 4.69) is 31.3 Å². The summed E-state index contributed by atoms with van der Waals surface area (Å²) in [6.45, 7) is -2.82. The highest BCUT2D eigenvalue weighted by atomic mass is 79.9. The van der Waals surface area contributed by atoms with Crippen molar-refractivity contribution in [2.75, 3.05) is 12.4 Å². The Hall–Kier alpha value is -2.66. The minimum absolute atomic E-state index is 0.0191. The van der Waals surface area contributed by atoms with Crippen LogP contribution in [0, 0.1) is 11.3 Å². The number of nitrogens with one attached hydrogen (secondary N) is 2. The molecule has 8 heteroatoms. The molecule has 2 rings (SSSR count). The van der Waals surface area contributed by atoms with E-state index in [0.717, 1.165) is 4.47 Å². The number of ether oxygens (including phenoxy) is 1. The lowest BCUT2D eigenvalue weighted by Gasteiger charge is -2.15. The van der Waals surface area contributed by atoms with Crippen molar-refractivity contribution in [3.8, 4) is 11.8 Å². The van der Waals surface area contributed by atoms with Crippen LogP contribution in [0.5, 0.6) is 5.75 Å². The maximum Gasteiger partial charge on any atom is 0.387 e. The molecule has 26 heavy (non-hydrogen) atoms. The Kier molecular flexibility index (Phi) is 6.92. The quantitative estimate of drug-likeness (QED) is 0.703. The molecule has 136 valence electrons. The Morgan fingerprint density at radius 2 is 2.08 bits per heavy atom. The van der Waals surface area contributed by atoms with Crippen molar-refractivity contribution in [1.29, 1.82) is 5.26 Å². The molecule has 0 heterocycles. The van der Waals surface area contributed by atoms with Gasteiger partial charge in [0.1, 0.15) is 5.75 Å². The third-order valence-electron chi connectivity index (χ3n) is 3.55. The summed E-state index contributed by atoms with van der Waals surface area (Å²) in [5.41, 5.74) is 2.10. The average Bonchev–Trinajstić information content (AvgIpc) is 2.61. The predicted octanol–water partition coefficient (Wildman–Crippen LogP) is 4.09.